The number of fused-ring (bicyclic) bond motifs is 1. The van der Waals surface area contributed by atoms with Gasteiger partial charge in [0.05, 0.1) is 17.8 Å². The van der Waals surface area contributed by atoms with Crippen LogP contribution in [-0.4, -0.2) is 4.98 Å². The first kappa shape index (κ1) is 13.1. The number of hydrogen-bond donors (Lipinski definition) is 1. The summed E-state index contributed by atoms with van der Waals surface area (Å²) in [7, 11) is 0. The standard InChI is InChI=1S/C18H15N3/c1-12-9-15-16(10-13(12)2)20-11-17(19-3)18(15)21-14-7-5-4-6-8-14/h4-11H,1-2H3,(H,20,21). The quantitative estimate of drug-likeness (QED) is 0.654. The van der Waals surface area contributed by atoms with Gasteiger partial charge in [-0.25, -0.2) is 4.85 Å². The van der Waals surface area contributed by atoms with Crippen LogP contribution in [0.15, 0.2) is 48.7 Å². The third-order valence-electron chi connectivity index (χ3n) is 3.63. The molecule has 0 atom stereocenters. The normalized spacial score (nSPS) is 10.3. The third-order valence-corrected chi connectivity index (χ3v) is 3.63. The molecule has 0 aliphatic rings. The fraction of sp³-hybridized carbons (Fsp3) is 0.111. The van der Waals surface area contributed by atoms with Crippen molar-refractivity contribution in [2.24, 2.45) is 0 Å². The summed E-state index contributed by atoms with van der Waals surface area (Å²) >= 11 is 0. The van der Waals surface area contributed by atoms with Crippen molar-refractivity contribution in [1.29, 1.82) is 0 Å². The van der Waals surface area contributed by atoms with Crippen molar-refractivity contribution >= 4 is 28.0 Å². The van der Waals surface area contributed by atoms with E-state index in [1.165, 1.54) is 11.1 Å². The second kappa shape index (κ2) is 5.26. The largest absolute Gasteiger partial charge is 0.364 e. The number of aromatic nitrogens is 1. The average molecular weight is 273 g/mol. The molecule has 0 unspecified atom stereocenters. The van der Waals surface area contributed by atoms with Gasteiger partial charge in [0.25, 0.3) is 0 Å². The van der Waals surface area contributed by atoms with E-state index < -0.39 is 0 Å². The van der Waals surface area contributed by atoms with Crippen LogP contribution in [0, 0.1) is 20.4 Å². The molecule has 0 aliphatic heterocycles. The molecule has 3 rings (SSSR count). The van der Waals surface area contributed by atoms with Gasteiger partial charge in [-0.1, -0.05) is 18.2 Å². The minimum atomic E-state index is 0.537. The van der Waals surface area contributed by atoms with Crippen LogP contribution in [0.25, 0.3) is 15.7 Å². The lowest BCUT2D eigenvalue weighted by molar-refractivity contribution is 1.33. The van der Waals surface area contributed by atoms with Crippen molar-refractivity contribution in [3.05, 3.63) is 71.2 Å². The number of aryl methyl sites for hydroxylation is 2. The maximum absolute atomic E-state index is 7.37. The minimum absolute atomic E-state index is 0.537. The summed E-state index contributed by atoms with van der Waals surface area (Å²) in [5.74, 6) is 0. The molecule has 1 N–H and O–H groups in total. The number of rotatable bonds is 2. The summed E-state index contributed by atoms with van der Waals surface area (Å²) < 4.78 is 0. The van der Waals surface area contributed by atoms with Gasteiger partial charge in [-0.3, -0.25) is 4.98 Å². The zero-order valence-electron chi connectivity index (χ0n) is 12.0. The molecule has 0 aliphatic carbocycles. The van der Waals surface area contributed by atoms with Gasteiger partial charge >= 0.3 is 0 Å². The SMILES string of the molecule is [C-]#[N+]c1cnc2cc(C)c(C)cc2c1Nc1ccccc1. The van der Waals surface area contributed by atoms with E-state index in [2.05, 4.69) is 41.1 Å². The van der Waals surface area contributed by atoms with Crippen LogP contribution in [0.5, 0.6) is 0 Å². The molecule has 2 aromatic carbocycles. The van der Waals surface area contributed by atoms with Gasteiger partial charge in [0.1, 0.15) is 0 Å². The van der Waals surface area contributed by atoms with Crippen LogP contribution in [-0.2, 0) is 0 Å². The number of benzene rings is 2. The second-order valence-electron chi connectivity index (χ2n) is 5.07. The monoisotopic (exact) mass is 273 g/mol. The summed E-state index contributed by atoms with van der Waals surface area (Å²) in [6.45, 7) is 11.5. The van der Waals surface area contributed by atoms with Crippen LogP contribution in [0.3, 0.4) is 0 Å². The lowest BCUT2D eigenvalue weighted by atomic mass is 10.0. The van der Waals surface area contributed by atoms with Crippen LogP contribution in [0.4, 0.5) is 17.1 Å². The predicted octanol–water partition coefficient (Wildman–Crippen LogP) is 5.15. The molecule has 0 saturated heterocycles. The number of pyridine rings is 1. The van der Waals surface area contributed by atoms with E-state index in [9.17, 15) is 0 Å². The Balaban J connectivity index is 2.23. The van der Waals surface area contributed by atoms with Crippen molar-refractivity contribution in [1.82, 2.24) is 4.98 Å². The van der Waals surface area contributed by atoms with E-state index in [1.807, 2.05) is 30.3 Å². The highest BCUT2D eigenvalue weighted by molar-refractivity contribution is 6.00. The second-order valence-corrected chi connectivity index (χ2v) is 5.07. The molecule has 3 nitrogen and oxygen atoms in total. The van der Waals surface area contributed by atoms with E-state index in [-0.39, 0.29) is 0 Å². The van der Waals surface area contributed by atoms with Gasteiger partial charge in [-0.05, 0) is 49.2 Å². The van der Waals surface area contributed by atoms with Crippen molar-refractivity contribution < 1.29 is 0 Å². The minimum Gasteiger partial charge on any atom is -0.364 e. The Morgan fingerprint density at radius 2 is 1.76 bits per heavy atom. The maximum Gasteiger partial charge on any atom is 0.228 e. The van der Waals surface area contributed by atoms with Crippen molar-refractivity contribution in [3.8, 4) is 0 Å². The Morgan fingerprint density at radius 3 is 2.48 bits per heavy atom. The molecule has 0 spiro atoms. The van der Waals surface area contributed by atoms with E-state index in [0.717, 1.165) is 22.3 Å². The molecular formula is C18H15N3. The molecule has 0 saturated carbocycles. The smallest absolute Gasteiger partial charge is 0.228 e. The van der Waals surface area contributed by atoms with Gasteiger partial charge < -0.3 is 5.32 Å². The van der Waals surface area contributed by atoms with Gasteiger partial charge in [-0.2, -0.15) is 0 Å². The van der Waals surface area contributed by atoms with E-state index in [0.29, 0.717) is 5.69 Å². The highest BCUT2D eigenvalue weighted by Crippen LogP contribution is 2.35. The molecule has 1 heterocycles. The van der Waals surface area contributed by atoms with Crippen LogP contribution >= 0.6 is 0 Å². The molecule has 21 heavy (non-hydrogen) atoms. The summed E-state index contributed by atoms with van der Waals surface area (Å²) in [5, 5.41) is 4.34. The first-order valence-electron chi connectivity index (χ1n) is 6.78. The van der Waals surface area contributed by atoms with Gasteiger partial charge in [-0.15, -0.1) is 0 Å². The average Bonchev–Trinajstić information content (AvgIpc) is 2.50. The van der Waals surface area contributed by atoms with E-state index >= 15 is 0 Å². The molecule has 0 amide bonds. The number of hydrogen-bond acceptors (Lipinski definition) is 2. The zero-order valence-corrected chi connectivity index (χ0v) is 12.0. The molecule has 3 heteroatoms. The molecular weight excluding hydrogens is 258 g/mol. The van der Waals surface area contributed by atoms with Crippen LogP contribution < -0.4 is 5.32 Å². The van der Waals surface area contributed by atoms with Crippen LogP contribution in [0.2, 0.25) is 0 Å². The first-order valence-corrected chi connectivity index (χ1v) is 6.78. The zero-order chi connectivity index (χ0) is 14.8. The van der Waals surface area contributed by atoms with Gasteiger partial charge in [0.15, 0.2) is 0 Å². The summed E-state index contributed by atoms with van der Waals surface area (Å²) in [6.07, 6.45) is 1.63. The van der Waals surface area contributed by atoms with Crippen LogP contribution in [0.1, 0.15) is 11.1 Å². The fourth-order valence-electron chi connectivity index (χ4n) is 2.32. The van der Waals surface area contributed by atoms with Crippen molar-refractivity contribution in [2.75, 3.05) is 5.32 Å². The summed E-state index contributed by atoms with van der Waals surface area (Å²) in [4.78, 5) is 8.00. The first-order chi connectivity index (χ1) is 10.2. The Labute approximate surface area is 124 Å². The number of nitrogens with one attached hydrogen (secondary N) is 1. The molecule has 102 valence electrons. The lowest BCUT2D eigenvalue weighted by Gasteiger charge is -2.13. The highest BCUT2D eigenvalue weighted by atomic mass is 14.9. The lowest BCUT2D eigenvalue weighted by Crippen LogP contribution is -1.94. The van der Waals surface area contributed by atoms with Gasteiger partial charge in [0, 0.05) is 17.3 Å². The number of anilines is 2. The van der Waals surface area contributed by atoms with E-state index in [1.54, 1.807) is 6.20 Å². The maximum atomic E-state index is 7.37. The van der Waals surface area contributed by atoms with Gasteiger partial charge in [0.2, 0.25) is 5.69 Å². The highest BCUT2D eigenvalue weighted by Gasteiger charge is 2.10. The van der Waals surface area contributed by atoms with Crippen molar-refractivity contribution in [2.45, 2.75) is 13.8 Å². The topological polar surface area (TPSA) is 29.3 Å². The van der Waals surface area contributed by atoms with E-state index in [4.69, 9.17) is 6.57 Å². The molecule has 0 radical (unpaired) electrons. The molecule has 3 aromatic rings. The number of nitrogens with zero attached hydrogens (tertiary/aromatic N) is 2. The molecule has 0 fully saturated rings. The molecule has 1 aromatic heterocycles. The Kier molecular flexibility index (Phi) is 3.29. The summed E-state index contributed by atoms with van der Waals surface area (Å²) in [6, 6.07) is 14.0. The third kappa shape index (κ3) is 2.44. The predicted molar refractivity (Wildman–Crippen MR) is 87.2 cm³/mol. The Hall–Kier alpha value is -2.86. The Morgan fingerprint density at radius 1 is 1.05 bits per heavy atom. The summed E-state index contributed by atoms with van der Waals surface area (Å²) in [5.41, 5.74) is 5.63. The fourth-order valence-corrected chi connectivity index (χ4v) is 2.32. The number of para-hydroxylation sites is 1. The Bertz CT molecular complexity index is 846. The van der Waals surface area contributed by atoms with Crippen molar-refractivity contribution in [3.63, 3.8) is 0 Å². The molecule has 0 bridgehead atoms.